The number of carbonyl (C=O) groups excluding carboxylic acids is 3. The SMILES string of the molecule is COC(=O)c1cc(C(=O)N(C)CC(=O)Nc2ccc(Br)cc2C)cc([N+](=O)[O-])c1. The minimum Gasteiger partial charge on any atom is -0.465 e. The third-order valence-electron chi connectivity index (χ3n) is 3.99. The van der Waals surface area contributed by atoms with Crippen LogP contribution < -0.4 is 5.32 Å². The third kappa shape index (κ3) is 5.61. The molecule has 0 fully saturated rings. The summed E-state index contributed by atoms with van der Waals surface area (Å²) in [4.78, 5) is 48.2. The van der Waals surface area contributed by atoms with Crippen molar-refractivity contribution >= 4 is 45.1 Å². The van der Waals surface area contributed by atoms with Crippen LogP contribution in [-0.2, 0) is 9.53 Å². The molecule has 0 aliphatic heterocycles. The molecule has 1 N–H and O–H groups in total. The second kappa shape index (κ2) is 9.28. The number of ether oxygens (including phenoxy) is 1. The first-order valence-corrected chi connectivity index (χ1v) is 9.11. The van der Waals surface area contributed by atoms with Gasteiger partial charge in [-0.2, -0.15) is 0 Å². The number of amides is 2. The van der Waals surface area contributed by atoms with Crippen LogP contribution in [0.3, 0.4) is 0 Å². The Bertz CT molecular complexity index is 992. The maximum atomic E-state index is 12.6. The van der Waals surface area contributed by atoms with Gasteiger partial charge in [-0.3, -0.25) is 19.7 Å². The average Bonchev–Trinajstić information content (AvgIpc) is 2.68. The summed E-state index contributed by atoms with van der Waals surface area (Å²) in [5.41, 5.74) is 0.771. The number of likely N-dealkylation sites (N-methyl/N-ethyl adjacent to an activating group) is 1. The van der Waals surface area contributed by atoms with Crippen LogP contribution in [0.4, 0.5) is 11.4 Å². The molecule has 0 unspecified atom stereocenters. The minimum atomic E-state index is -0.811. The van der Waals surface area contributed by atoms with Gasteiger partial charge in [-0.25, -0.2) is 4.79 Å². The average molecular weight is 464 g/mol. The van der Waals surface area contributed by atoms with Crippen molar-refractivity contribution in [3.8, 4) is 0 Å². The summed E-state index contributed by atoms with van der Waals surface area (Å²) in [5.74, 6) is -1.90. The van der Waals surface area contributed by atoms with Crippen molar-refractivity contribution in [1.82, 2.24) is 4.90 Å². The lowest BCUT2D eigenvalue weighted by molar-refractivity contribution is -0.384. The molecule has 10 heteroatoms. The van der Waals surface area contributed by atoms with Gasteiger partial charge in [-0.05, 0) is 36.8 Å². The molecule has 9 nitrogen and oxygen atoms in total. The van der Waals surface area contributed by atoms with E-state index in [1.54, 1.807) is 12.1 Å². The van der Waals surface area contributed by atoms with Crippen LogP contribution in [-0.4, -0.2) is 48.3 Å². The maximum Gasteiger partial charge on any atom is 0.338 e. The Hall–Kier alpha value is -3.27. The van der Waals surface area contributed by atoms with E-state index in [0.29, 0.717) is 5.69 Å². The summed E-state index contributed by atoms with van der Waals surface area (Å²) in [6.45, 7) is 1.54. The van der Waals surface area contributed by atoms with Crippen LogP contribution in [0.2, 0.25) is 0 Å². The molecule has 0 spiro atoms. The number of hydrogen-bond donors (Lipinski definition) is 1. The molecule has 0 aromatic heterocycles. The van der Waals surface area contributed by atoms with Crippen LogP contribution >= 0.6 is 15.9 Å². The van der Waals surface area contributed by atoms with E-state index in [0.717, 1.165) is 34.2 Å². The highest BCUT2D eigenvalue weighted by Gasteiger charge is 2.21. The molecule has 0 saturated heterocycles. The molecule has 0 heterocycles. The fraction of sp³-hybridized carbons (Fsp3) is 0.211. The fourth-order valence-electron chi connectivity index (χ4n) is 2.54. The van der Waals surface area contributed by atoms with Crippen LogP contribution in [0.5, 0.6) is 0 Å². The third-order valence-corrected chi connectivity index (χ3v) is 4.48. The number of esters is 1. The zero-order valence-corrected chi connectivity index (χ0v) is 17.5. The van der Waals surface area contributed by atoms with Gasteiger partial charge >= 0.3 is 5.97 Å². The second-order valence-corrected chi connectivity index (χ2v) is 7.10. The van der Waals surface area contributed by atoms with E-state index >= 15 is 0 Å². The van der Waals surface area contributed by atoms with Crippen LogP contribution in [0.1, 0.15) is 26.3 Å². The minimum absolute atomic E-state index is 0.102. The number of anilines is 1. The quantitative estimate of drug-likeness (QED) is 0.399. The van der Waals surface area contributed by atoms with E-state index in [-0.39, 0.29) is 17.7 Å². The normalized spacial score (nSPS) is 10.2. The number of rotatable bonds is 6. The number of methoxy groups -OCH3 is 1. The van der Waals surface area contributed by atoms with Gasteiger partial charge in [-0.15, -0.1) is 0 Å². The highest BCUT2D eigenvalue weighted by atomic mass is 79.9. The Kier molecular flexibility index (Phi) is 7.05. The monoisotopic (exact) mass is 463 g/mol. The highest BCUT2D eigenvalue weighted by molar-refractivity contribution is 9.10. The van der Waals surface area contributed by atoms with Crippen LogP contribution in [0.15, 0.2) is 40.9 Å². The highest BCUT2D eigenvalue weighted by Crippen LogP contribution is 2.21. The predicted octanol–water partition coefficient (Wildman–Crippen LogP) is 3.16. The Morgan fingerprint density at radius 2 is 1.83 bits per heavy atom. The number of nitro groups is 1. The molecule has 2 amide bonds. The van der Waals surface area contributed by atoms with E-state index in [9.17, 15) is 24.5 Å². The van der Waals surface area contributed by atoms with Crippen molar-refractivity contribution in [3.63, 3.8) is 0 Å². The lowest BCUT2D eigenvalue weighted by Gasteiger charge is -2.18. The molecular weight excluding hydrogens is 446 g/mol. The standard InChI is InChI=1S/C19H18BrN3O6/c1-11-6-14(20)4-5-16(11)21-17(24)10-22(2)18(25)12-7-13(19(26)29-3)9-15(8-12)23(27)28/h4-9H,10H2,1-3H3,(H,21,24). The molecule has 0 bridgehead atoms. The van der Waals surface area contributed by atoms with E-state index in [2.05, 4.69) is 26.0 Å². The largest absolute Gasteiger partial charge is 0.465 e. The number of benzene rings is 2. The zero-order valence-electron chi connectivity index (χ0n) is 15.9. The van der Waals surface area contributed by atoms with E-state index in [1.807, 2.05) is 13.0 Å². The molecule has 2 aromatic rings. The van der Waals surface area contributed by atoms with E-state index in [1.165, 1.54) is 13.1 Å². The Morgan fingerprint density at radius 1 is 1.17 bits per heavy atom. The fourth-order valence-corrected chi connectivity index (χ4v) is 3.02. The number of nitrogens with one attached hydrogen (secondary N) is 1. The van der Waals surface area contributed by atoms with Crippen molar-refractivity contribution in [2.24, 2.45) is 0 Å². The number of aryl methyl sites for hydroxylation is 1. The first-order valence-electron chi connectivity index (χ1n) is 8.31. The summed E-state index contributed by atoms with van der Waals surface area (Å²) in [7, 11) is 2.51. The van der Waals surface area contributed by atoms with E-state index in [4.69, 9.17) is 0 Å². The summed E-state index contributed by atoms with van der Waals surface area (Å²) in [6, 6.07) is 8.58. The smallest absolute Gasteiger partial charge is 0.338 e. The Morgan fingerprint density at radius 3 is 2.41 bits per heavy atom. The molecule has 152 valence electrons. The van der Waals surface area contributed by atoms with Gasteiger partial charge < -0.3 is 15.0 Å². The van der Waals surface area contributed by atoms with E-state index < -0.39 is 28.4 Å². The molecule has 29 heavy (non-hydrogen) atoms. The summed E-state index contributed by atoms with van der Waals surface area (Å²) < 4.78 is 5.43. The van der Waals surface area contributed by atoms with Crippen molar-refractivity contribution in [1.29, 1.82) is 0 Å². The predicted molar refractivity (Wildman–Crippen MR) is 109 cm³/mol. The molecule has 0 aliphatic carbocycles. The molecule has 0 atom stereocenters. The summed E-state index contributed by atoms with van der Waals surface area (Å²) in [5, 5.41) is 13.8. The maximum absolute atomic E-state index is 12.6. The van der Waals surface area contributed by atoms with Crippen LogP contribution in [0, 0.1) is 17.0 Å². The van der Waals surface area contributed by atoms with Crippen molar-refractivity contribution in [2.45, 2.75) is 6.92 Å². The number of hydrogen-bond acceptors (Lipinski definition) is 6. The second-order valence-electron chi connectivity index (χ2n) is 6.19. The topological polar surface area (TPSA) is 119 Å². The van der Waals surface area contributed by atoms with Crippen LogP contribution in [0.25, 0.3) is 0 Å². The van der Waals surface area contributed by atoms with Crippen molar-refractivity contribution in [2.75, 3.05) is 26.0 Å². The van der Waals surface area contributed by atoms with Gasteiger partial charge in [0.15, 0.2) is 0 Å². The Labute approximate surface area is 174 Å². The Balaban J connectivity index is 2.18. The van der Waals surface area contributed by atoms with Gasteiger partial charge in [0.2, 0.25) is 5.91 Å². The van der Waals surface area contributed by atoms with Crippen molar-refractivity contribution in [3.05, 3.63) is 67.7 Å². The number of halogens is 1. The summed E-state index contributed by atoms with van der Waals surface area (Å²) in [6.07, 6.45) is 0. The van der Waals surface area contributed by atoms with Gasteiger partial charge in [-0.1, -0.05) is 15.9 Å². The lowest BCUT2D eigenvalue weighted by Crippen LogP contribution is -2.35. The first kappa shape index (κ1) is 22.0. The number of nitrogens with zero attached hydrogens (tertiary/aromatic N) is 2. The number of carbonyl (C=O) groups is 3. The van der Waals surface area contributed by atoms with Crippen molar-refractivity contribution < 1.29 is 24.0 Å². The lowest BCUT2D eigenvalue weighted by atomic mass is 10.1. The van der Waals surface area contributed by atoms with Gasteiger partial charge in [0, 0.05) is 34.9 Å². The molecule has 0 radical (unpaired) electrons. The zero-order chi connectivity index (χ0) is 21.7. The molecule has 2 rings (SSSR count). The van der Waals surface area contributed by atoms with Gasteiger partial charge in [0.25, 0.3) is 11.6 Å². The molecule has 0 aliphatic rings. The molecule has 0 saturated carbocycles. The number of non-ortho nitro benzene ring substituents is 1. The number of nitro benzene ring substituents is 1. The first-order chi connectivity index (χ1) is 13.6. The molecular formula is C19H18BrN3O6. The molecule has 2 aromatic carbocycles. The summed E-state index contributed by atoms with van der Waals surface area (Å²) >= 11 is 3.34. The van der Waals surface area contributed by atoms with Gasteiger partial charge in [0.05, 0.1) is 24.1 Å². The van der Waals surface area contributed by atoms with Gasteiger partial charge in [0.1, 0.15) is 0 Å².